The maximum Gasteiger partial charge on any atom is 0.294 e. The molecule has 0 bridgehead atoms. The number of thioether (sulfide) groups is 1. The molecule has 0 spiro atoms. The van der Waals surface area contributed by atoms with Crippen LogP contribution in [0.25, 0.3) is 17.0 Å². The lowest BCUT2D eigenvalue weighted by Gasteiger charge is -2.13. The summed E-state index contributed by atoms with van der Waals surface area (Å²) in [5.74, 6) is -0.897. The molecule has 8 heteroatoms. The van der Waals surface area contributed by atoms with E-state index in [0.29, 0.717) is 10.6 Å². The average molecular weight is 484 g/mol. The van der Waals surface area contributed by atoms with Crippen LogP contribution in [0.1, 0.15) is 11.3 Å². The van der Waals surface area contributed by atoms with Crippen molar-refractivity contribution >= 4 is 67.4 Å². The minimum atomic E-state index is -0.459. The molecule has 30 heavy (non-hydrogen) atoms. The third-order valence-corrected chi connectivity index (χ3v) is 6.65. The third-order valence-electron chi connectivity index (χ3n) is 5.05. The lowest BCUT2D eigenvalue weighted by molar-refractivity contribution is -0.127. The van der Waals surface area contributed by atoms with E-state index in [9.17, 15) is 14.4 Å². The summed E-state index contributed by atoms with van der Waals surface area (Å²) >= 11 is 4.21. The van der Waals surface area contributed by atoms with Gasteiger partial charge in [-0.05, 0) is 58.9 Å². The van der Waals surface area contributed by atoms with Crippen molar-refractivity contribution in [3.05, 3.63) is 69.2 Å². The highest BCUT2D eigenvalue weighted by atomic mass is 79.9. The van der Waals surface area contributed by atoms with Gasteiger partial charge in [0, 0.05) is 33.7 Å². The number of carbonyl (C=O) groups excluding carboxylic acids is 3. The van der Waals surface area contributed by atoms with E-state index in [1.54, 1.807) is 24.3 Å². The van der Waals surface area contributed by atoms with Crippen LogP contribution in [0.4, 0.5) is 10.5 Å². The van der Waals surface area contributed by atoms with Gasteiger partial charge in [-0.3, -0.25) is 19.3 Å². The van der Waals surface area contributed by atoms with Crippen LogP contribution >= 0.6 is 27.7 Å². The molecular weight excluding hydrogens is 466 g/mol. The fraction of sp³-hybridized carbons (Fsp3) is 0.136. The van der Waals surface area contributed by atoms with Crippen molar-refractivity contribution in [3.63, 3.8) is 0 Å². The smallest absolute Gasteiger partial charge is 0.294 e. The molecule has 3 aromatic rings. The predicted molar refractivity (Wildman–Crippen MR) is 123 cm³/mol. The van der Waals surface area contributed by atoms with Crippen LogP contribution in [0.2, 0.25) is 0 Å². The summed E-state index contributed by atoms with van der Waals surface area (Å²) in [5.41, 5.74) is 3.52. The fourth-order valence-corrected chi connectivity index (χ4v) is 4.60. The number of rotatable bonds is 4. The Balaban J connectivity index is 1.57. The van der Waals surface area contributed by atoms with Gasteiger partial charge in [0.1, 0.15) is 6.54 Å². The van der Waals surface area contributed by atoms with Crippen LogP contribution in [-0.4, -0.2) is 33.1 Å². The van der Waals surface area contributed by atoms with Gasteiger partial charge in [0.15, 0.2) is 0 Å². The van der Waals surface area contributed by atoms with Gasteiger partial charge in [-0.25, -0.2) is 0 Å². The van der Waals surface area contributed by atoms with E-state index in [1.165, 1.54) is 0 Å². The molecule has 0 radical (unpaired) electrons. The Bertz CT molecular complexity index is 1230. The molecule has 6 nitrogen and oxygen atoms in total. The Hall–Kier alpha value is -2.84. The van der Waals surface area contributed by atoms with Crippen molar-refractivity contribution < 1.29 is 14.4 Å². The lowest BCUT2D eigenvalue weighted by Crippen LogP contribution is -2.36. The second-order valence-electron chi connectivity index (χ2n) is 6.87. The molecule has 1 aromatic heterocycles. The minimum absolute atomic E-state index is 0.313. The van der Waals surface area contributed by atoms with Crippen molar-refractivity contribution in [2.75, 3.05) is 11.9 Å². The van der Waals surface area contributed by atoms with E-state index in [2.05, 4.69) is 25.8 Å². The molecule has 0 saturated carbocycles. The second-order valence-corrected chi connectivity index (χ2v) is 8.72. The van der Waals surface area contributed by atoms with E-state index < -0.39 is 17.1 Å². The van der Waals surface area contributed by atoms with Crippen LogP contribution in [0.5, 0.6) is 0 Å². The Morgan fingerprint density at radius 3 is 2.60 bits per heavy atom. The van der Waals surface area contributed by atoms with E-state index >= 15 is 0 Å². The quantitative estimate of drug-likeness (QED) is 0.534. The first-order valence-corrected chi connectivity index (χ1v) is 10.8. The third kappa shape index (κ3) is 3.68. The van der Waals surface area contributed by atoms with Gasteiger partial charge in [0.05, 0.1) is 10.6 Å². The molecule has 152 valence electrons. The van der Waals surface area contributed by atoms with Gasteiger partial charge in [0.2, 0.25) is 5.91 Å². The first-order valence-electron chi connectivity index (χ1n) is 9.20. The van der Waals surface area contributed by atoms with Crippen LogP contribution in [0.15, 0.2) is 57.9 Å². The average Bonchev–Trinajstić information content (AvgIpc) is 3.13. The number of aromatic nitrogens is 1. The number of benzene rings is 2. The standard InChI is InChI=1S/C22H18BrN3O3S/c1-13-15(14-7-3-6-10-18(14)25(13)2)11-19-21(28)26(22(29)30-19)12-20(27)24-17-9-5-4-8-16(17)23/h3-11H,12H2,1-2H3,(H,24,27)/b19-11-. The number of amides is 3. The Kier molecular flexibility index (Phi) is 5.53. The molecule has 1 N–H and O–H groups in total. The molecule has 1 aliphatic heterocycles. The van der Waals surface area contributed by atoms with Gasteiger partial charge in [0.25, 0.3) is 11.1 Å². The lowest BCUT2D eigenvalue weighted by atomic mass is 10.1. The molecule has 1 saturated heterocycles. The van der Waals surface area contributed by atoms with Gasteiger partial charge < -0.3 is 9.88 Å². The molecule has 0 atom stereocenters. The molecular formula is C22H18BrN3O3S. The van der Waals surface area contributed by atoms with Crippen LogP contribution in [0.3, 0.4) is 0 Å². The van der Waals surface area contributed by atoms with Crippen LogP contribution in [-0.2, 0) is 16.6 Å². The molecule has 1 aliphatic rings. The highest BCUT2D eigenvalue weighted by Gasteiger charge is 2.36. The van der Waals surface area contributed by atoms with Crippen molar-refractivity contribution in [1.29, 1.82) is 0 Å². The number of para-hydroxylation sites is 2. The molecule has 2 aromatic carbocycles. The number of carbonyl (C=O) groups is 3. The zero-order valence-corrected chi connectivity index (χ0v) is 18.7. The summed E-state index contributed by atoms with van der Waals surface area (Å²) < 4.78 is 2.77. The van der Waals surface area contributed by atoms with Crippen molar-refractivity contribution in [3.8, 4) is 0 Å². The van der Waals surface area contributed by atoms with E-state index in [0.717, 1.165) is 43.3 Å². The second kappa shape index (κ2) is 8.12. The number of hydrogen-bond acceptors (Lipinski definition) is 4. The zero-order valence-electron chi connectivity index (χ0n) is 16.3. The number of anilines is 1. The number of imide groups is 1. The summed E-state index contributed by atoms with van der Waals surface area (Å²) in [5, 5.41) is 3.27. The van der Waals surface area contributed by atoms with Crippen molar-refractivity contribution in [2.24, 2.45) is 7.05 Å². The van der Waals surface area contributed by atoms with Crippen LogP contribution in [0, 0.1) is 6.92 Å². The molecule has 1 fully saturated rings. The Labute approximate surface area is 186 Å². The summed E-state index contributed by atoms with van der Waals surface area (Å²) in [6.07, 6.45) is 1.74. The predicted octanol–water partition coefficient (Wildman–Crippen LogP) is 4.92. The highest BCUT2D eigenvalue weighted by molar-refractivity contribution is 9.10. The number of nitrogens with zero attached hydrogens (tertiary/aromatic N) is 2. The normalized spacial score (nSPS) is 15.4. The Morgan fingerprint density at radius 2 is 1.83 bits per heavy atom. The monoisotopic (exact) mass is 483 g/mol. The first-order chi connectivity index (χ1) is 14.4. The number of aryl methyl sites for hydroxylation is 1. The first kappa shape index (κ1) is 20.4. The highest BCUT2D eigenvalue weighted by Crippen LogP contribution is 2.35. The zero-order chi connectivity index (χ0) is 21.4. The fourth-order valence-electron chi connectivity index (χ4n) is 3.40. The largest absolute Gasteiger partial charge is 0.347 e. The molecule has 0 unspecified atom stereocenters. The van der Waals surface area contributed by atoms with E-state index in [4.69, 9.17) is 0 Å². The molecule has 2 heterocycles. The van der Waals surface area contributed by atoms with E-state index in [-0.39, 0.29) is 6.54 Å². The summed E-state index contributed by atoms with van der Waals surface area (Å²) in [7, 11) is 1.97. The molecule has 4 rings (SSSR count). The number of fused-ring (bicyclic) bond motifs is 1. The Morgan fingerprint density at radius 1 is 1.13 bits per heavy atom. The summed E-state index contributed by atoms with van der Waals surface area (Å²) in [6, 6.07) is 15.1. The maximum absolute atomic E-state index is 12.8. The maximum atomic E-state index is 12.8. The van der Waals surface area contributed by atoms with Crippen LogP contribution < -0.4 is 5.32 Å². The number of hydrogen-bond donors (Lipinski definition) is 1. The summed E-state index contributed by atoms with van der Waals surface area (Å²) in [4.78, 5) is 39.0. The van der Waals surface area contributed by atoms with Gasteiger partial charge in [-0.15, -0.1) is 0 Å². The molecule has 3 amide bonds. The van der Waals surface area contributed by atoms with Crippen molar-refractivity contribution in [1.82, 2.24) is 9.47 Å². The minimum Gasteiger partial charge on any atom is -0.347 e. The van der Waals surface area contributed by atoms with Gasteiger partial charge >= 0.3 is 0 Å². The van der Waals surface area contributed by atoms with Gasteiger partial charge in [-0.2, -0.15) is 0 Å². The number of nitrogens with one attached hydrogen (secondary N) is 1. The summed E-state index contributed by atoms with van der Waals surface area (Å²) in [6.45, 7) is 1.64. The van der Waals surface area contributed by atoms with E-state index in [1.807, 2.05) is 44.3 Å². The van der Waals surface area contributed by atoms with Gasteiger partial charge in [-0.1, -0.05) is 30.3 Å². The molecule has 0 aliphatic carbocycles. The topological polar surface area (TPSA) is 71.4 Å². The van der Waals surface area contributed by atoms with Crippen molar-refractivity contribution in [2.45, 2.75) is 6.92 Å². The SMILES string of the molecule is Cc1c(/C=C2\SC(=O)N(CC(=O)Nc3ccccc3Br)C2=O)c2ccccc2n1C. The number of halogens is 1.